The number of fused-ring (bicyclic) bond motifs is 1. The summed E-state index contributed by atoms with van der Waals surface area (Å²) in [5.41, 5.74) is 0.970. The second kappa shape index (κ2) is 7.13. The predicted octanol–water partition coefficient (Wildman–Crippen LogP) is 3.87. The first kappa shape index (κ1) is 17.3. The second-order valence-electron chi connectivity index (χ2n) is 5.62. The molecule has 25 heavy (non-hydrogen) atoms. The van der Waals surface area contributed by atoms with Crippen LogP contribution in [0.5, 0.6) is 5.88 Å². The predicted molar refractivity (Wildman–Crippen MR) is 84.3 cm³/mol. The van der Waals surface area contributed by atoms with Gasteiger partial charge in [-0.2, -0.15) is 0 Å². The van der Waals surface area contributed by atoms with Crippen LogP contribution in [0.4, 0.5) is 13.2 Å². The molecule has 0 fully saturated rings. The average Bonchev–Trinajstić information content (AvgIpc) is 2.60. The fourth-order valence-electron chi connectivity index (χ4n) is 2.78. The molecule has 1 aliphatic rings. The zero-order valence-corrected chi connectivity index (χ0v) is 13.5. The van der Waals surface area contributed by atoms with Crippen molar-refractivity contribution < 1.29 is 27.4 Å². The molecule has 2 aromatic rings. The number of halogens is 3. The minimum atomic E-state index is -0.768. The zero-order chi connectivity index (χ0) is 18.0. The number of hydrogen-bond donors (Lipinski definition) is 0. The Hall–Kier alpha value is -2.57. The molecule has 0 saturated heterocycles. The highest BCUT2D eigenvalue weighted by Crippen LogP contribution is 2.36. The van der Waals surface area contributed by atoms with Crippen molar-refractivity contribution in [1.29, 1.82) is 0 Å². The molecular formula is C18H16F3NO3. The summed E-state index contributed by atoms with van der Waals surface area (Å²) in [6.07, 6.45) is 0.148. The first-order chi connectivity index (χ1) is 12.0. The van der Waals surface area contributed by atoms with Crippen LogP contribution in [0.2, 0.25) is 0 Å². The van der Waals surface area contributed by atoms with Crippen LogP contribution in [0.3, 0.4) is 0 Å². The monoisotopic (exact) mass is 351 g/mol. The van der Waals surface area contributed by atoms with E-state index in [2.05, 4.69) is 4.98 Å². The number of carbonyl (C=O) groups excluding carboxylic acids is 1. The molecule has 1 aliphatic heterocycles. The van der Waals surface area contributed by atoms with Crippen molar-refractivity contribution in [2.45, 2.75) is 25.9 Å². The Balaban J connectivity index is 2.15. The molecule has 0 bridgehead atoms. The van der Waals surface area contributed by atoms with Gasteiger partial charge in [0.25, 0.3) is 0 Å². The molecule has 4 nitrogen and oxygen atoms in total. The van der Waals surface area contributed by atoms with E-state index in [0.717, 1.165) is 12.1 Å². The Bertz CT molecular complexity index is 810. The van der Waals surface area contributed by atoms with Gasteiger partial charge in [0.05, 0.1) is 6.61 Å². The Morgan fingerprint density at radius 1 is 1.32 bits per heavy atom. The summed E-state index contributed by atoms with van der Waals surface area (Å²) in [5, 5.41) is 0. The van der Waals surface area contributed by atoms with Gasteiger partial charge in [-0.1, -0.05) is 0 Å². The first-order valence-corrected chi connectivity index (χ1v) is 7.92. The van der Waals surface area contributed by atoms with Gasteiger partial charge >= 0.3 is 5.97 Å². The summed E-state index contributed by atoms with van der Waals surface area (Å²) in [7, 11) is 0. The Kier molecular flexibility index (Phi) is 4.92. The van der Waals surface area contributed by atoms with Crippen LogP contribution in [0.1, 0.15) is 29.4 Å². The molecule has 0 spiro atoms. The van der Waals surface area contributed by atoms with Crippen molar-refractivity contribution in [3.05, 3.63) is 47.2 Å². The van der Waals surface area contributed by atoms with Crippen LogP contribution >= 0.6 is 0 Å². The lowest BCUT2D eigenvalue weighted by Crippen LogP contribution is -2.26. The lowest BCUT2D eigenvalue weighted by Gasteiger charge is -2.25. The molecule has 1 atom stereocenters. The van der Waals surface area contributed by atoms with Crippen molar-refractivity contribution in [2.75, 3.05) is 13.3 Å². The van der Waals surface area contributed by atoms with Crippen LogP contribution in [0, 0.1) is 11.6 Å². The minimum Gasteiger partial charge on any atom is -0.471 e. The highest BCUT2D eigenvalue weighted by molar-refractivity contribution is 5.90. The van der Waals surface area contributed by atoms with Gasteiger partial charge in [0, 0.05) is 17.2 Å². The number of aromatic nitrogens is 1. The topological polar surface area (TPSA) is 48.4 Å². The molecule has 1 aromatic heterocycles. The third-order valence-electron chi connectivity index (χ3n) is 3.96. The van der Waals surface area contributed by atoms with E-state index >= 15 is 0 Å². The van der Waals surface area contributed by atoms with E-state index in [4.69, 9.17) is 9.47 Å². The molecule has 0 amide bonds. The maximum Gasteiger partial charge on any atom is 0.357 e. The van der Waals surface area contributed by atoms with Crippen molar-refractivity contribution in [3.63, 3.8) is 0 Å². The molecule has 132 valence electrons. The SMILES string of the molecule is CCOC(=O)c1cc(-c2ccc(F)cc2F)c2c(n1)OC(CF)CC2. The summed E-state index contributed by atoms with van der Waals surface area (Å²) in [4.78, 5) is 16.1. The summed E-state index contributed by atoms with van der Waals surface area (Å²) >= 11 is 0. The molecule has 0 radical (unpaired) electrons. The van der Waals surface area contributed by atoms with Crippen LogP contribution in [-0.4, -0.2) is 30.3 Å². The number of alkyl halides is 1. The number of ether oxygens (including phenoxy) is 2. The molecule has 0 aliphatic carbocycles. The van der Waals surface area contributed by atoms with E-state index in [1.807, 2.05) is 0 Å². The van der Waals surface area contributed by atoms with Crippen LogP contribution in [-0.2, 0) is 11.2 Å². The van der Waals surface area contributed by atoms with E-state index in [0.29, 0.717) is 24.0 Å². The molecule has 7 heteroatoms. The fourth-order valence-corrected chi connectivity index (χ4v) is 2.78. The normalized spacial score (nSPS) is 16.1. The van der Waals surface area contributed by atoms with Gasteiger partial charge in [0.1, 0.15) is 24.4 Å². The quantitative estimate of drug-likeness (QED) is 0.785. The Morgan fingerprint density at radius 2 is 2.12 bits per heavy atom. The van der Waals surface area contributed by atoms with Crippen LogP contribution < -0.4 is 4.74 Å². The molecule has 0 saturated carbocycles. The van der Waals surface area contributed by atoms with Gasteiger partial charge < -0.3 is 9.47 Å². The van der Waals surface area contributed by atoms with Gasteiger partial charge in [0.2, 0.25) is 5.88 Å². The van der Waals surface area contributed by atoms with E-state index in [-0.39, 0.29) is 23.7 Å². The summed E-state index contributed by atoms with van der Waals surface area (Å²) in [5.74, 6) is -2.09. The molecule has 0 N–H and O–H groups in total. The van der Waals surface area contributed by atoms with Crippen LogP contribution in [0.25, 0.3) is 11.1 Å². The van der Waals surface area contributed by atoms with Gasteiger partial charge in [-0.25, -0.2) is 22.9 Å². The van der Waals surface area contributed by atoms with Gasteiger partial charge in [-0.05, 0) is 43.5 Å². The maximum absolute atomic E-state index is 14.3. The van der Waals surface area contributed by atoms with E-state index < -0.39 is 30.4 Å². The second-order valence-corrected chi connectivity index (χ2v) is 5.62. The van der Waals surface area contributed by atoms with Crippen LogP contribution in [0.15, 0.2) is 24.3 Å². The number of nitrogens with zero attached hydrogens (tertiary/aromatic N) is 1. The third kappa shape index (κ3) is 3.45. The molecular weight excluding hydrogens is 335 g/mol. The van der Waals surface area contributed by atoms with Gasteiger partial charge in [-0.15, -0.1) is 0 Å². The summed E-state index contributed by atoms with van der Waals surface area (Å²) < 4.78 is 50.8. The largest absolute Gasteiger partial charge is 0.471 e. The number of carbonyl (C=O) groups is 1. The maximum atomic E-state index is 14.3. The van der Waals surface area contributed by atoms with Gasteiger partial charge in [-0.3, -0.25) is 0 Å². The molecule has 3 rings (SSSR count). The number of esters is 1. The Labute approximate surface area is 142 Å². The Morgan fingerprint density at radius 3 is 2.80 bits per heavy atom. The lowest BCUT2D eigenvalue weighted by molar-refractivity contribution is 0.0516. The third-order valence-corrected chi connectivity index (χ3v) is 3.96. The van der Waals surface area contributed by atoms with Gasteiger partial charge in [0.15, 0.2) is 5.69 Å². The summed E-state index contributed by atoms with van der Waals surface area (Å²) in [6.45, 7) is 1.10. The summed E-state index contributed by atoms with van der Waals surface area (Å²) in [6, 6.07) is 4.58. The molecule has 2 heterocycles. The fraction of sp³-hybridized carbons (Fsp3) is 0.333. The van der Waals surface area contributed by atoms with E-state index in [9.17, 15) is 18.0 Å². The van der Waals surface area contributed by atoms with Crippen molar-refractivity contribution >= 4 is 5.97 Å². The number of pyridine rings is 1. The standard InChI is InChI=1S/C18H16F3NO3/c1-2-24-18(23)16-8-14(12-5-3-10(20)7-15(12)21)13-6-4-11(9-19)25-17(13)22-16/h3,5,7-8,11H,2,4,6,9H2,1H3. The molecule has 1 unspecified atom stereocenters. The van der Waals surface area contributed by atoms with Crippen molar-refractivity contribution in [3.8, 4) is 17.0 Å². The number of rotatable bonds is 4. The smallest absolute Gasteiger partial charge is 0.357 e. The lowest BCUT2D eigenvalue weighted by atomic mass is 9.94. The highest BCUT2D eigenvalue weighted by Gasteiger charge is 2.27. The highest BCUT2D eigenvalue weighted by atomic mass is 19.1. The number of benzene rings is 1. The van der Waals surface area contributed by atoms with E-state index in [1.165, 1.54) is 12.1 Å². The average molecular weight is 351 g/mol. The zero-order valence-electron chi connectivity index (χ0n) is 13.5. The minimum absolute atomic E-state index is 0.0705. The molecule has 1 aromatic carbocycles. The van der Waals surface area contributed by atoms with Crippen molar-refractivity contribution in [2.24, 2.45) is 0 Å². The number of hydrogen-bond acceptors (Lipinski definition) is 4. The van der Waals surface area contributed by atoms with E-state index in [1.54, 1.807) is 6.92 Å². The first-order valence-electron chi connectivity index (χ1n) is 7.92. The van der Waals surface area contributed by atoms with Crippen molar-refractivity contribution in [1.82, 2.24) is 4.98 Å².